The van der Waals surface area contributed by atoms with Crippen LogP contribution in [0.5, 0.6) is 5.75 Å². The lowest BCUT2D eigenvalue weighted by Gasteiger charge is -2.29. The summed E-state index contributed by atoms with van der Waals surface area (Å²) in [6.07, 6.45) is 1.04. The highest BCUT2D eigenvalue weighted by molar-refractivity contribution is 6.15. The second kappa shape index (κ2) is 5.40. The van der Waals surface area contributed by atoms with E-state index < -0.39 is 29.4 Å². The van der Waals surface area contributed by atoms with E-state index in [2.05, 4.69) is 5.32 Å². The summed E-state index contributed by atoms with van der Waals surface area (Å²) in [5.41, 5.74) is -0.529. The van der Waals surface area contributed by atoms with Crippen molar-refractivity contribution in [1.82, 2.24) is 0 Å². The topological polar surface area (TPSA) is 125 Å². The van der Waals surface area contributed by atoms with E-state index in [0.29, 0.717) is 0 Å². The number of aromatic carboxylic acids is 1. The predicted molar refractivity (Wildman–Crippen MR) is 70.8 cm³/mol. The fraction of sp³-hybridized carbons (Fsp3) is 0.214. The molecule has 0 spiro atoms. The Morgan fingerprint density at radius 3 is 2.36 bits per heavy atom. The molecular weight excluding hydrogens is 294 g/mol. The van der Waals surface area contributed by atoms with Gasteiger partial charge in [-0.3, -0.25) is 0 Å². The number of carbonyl (C=O) groups is 3. The number of hydrogen-bond acceptors (Lipinski definition) is 7. The summed E-state index contributed by atoms with van der Waals surface area (Å²) in [7, 11) is 0. The molecule has 0 atom stereocenters. The molecule has 2 N–H and O–H groups in total. The Labute approximate surface area is 125 Å². The highest BCUT2D eigenvalue weighted by Gasteiger charge is 2.38. The molecule has 116 valence electrons. The second-order valence-electron chi connectivity index (χ2n) is 4.90. The SMILES string of the molecule is CC1(C)OC(=O)C(=CNc2ccc(C(=O)O)c([O-])c2)C(=O)O1. The zero-order chi connectivity index (χ0) is 16.5. The van der Waals surface area contributed by atoms with E-state index in [-0.39, 0.29) is 16.8 Å². The Hall–Kier alpha value is -3.03. The van der Waals surface area contributed by atoms with Gasteiger partial charge in [-0.1, -0.05) is 5.75 Å². The van der Waals surface area contributed by atoms with Crippen LogP contribution in [0.25, 0.3) is 0 Å². The average Bonchev–Trinajstić information content (AvgIpc) is 2.35. The molecule has 8 nitrogen and oxygen atoms in total. The normalized spacial score (nSPS) is 16.5. The lowest BCUT2D eigenvalue weighted by atomic mass is 10.2. The third-order valence-electron chi connectivity index (χ3n) is 2.71. The first kappa shape index (κ1) is 15.4. The predicted octanol–water partition coefficient (Wildman–Crippen LogP) is 0.590. The lowest BCUT2D eigenvalue weighted by Crippen LogP contribution is -2.42. The van der Waals surface area contributed by atoms with Crippen molar-refractivity contribution in [3.05, 3.63) is 35.5 Å². The van der Waals surface area contributed by atoms with Crippen molar-refractivity contribution in [2.75, 3.05) is 5.32 Å². The zero-order valence-corrected chi connectivity index (χ0v) is 11.7. The maximum absolute atomic E-state index is 11.7. The second-order valence-corrected chi connectivity index (χ2v) is 4.90. The van der Waals surface area contributed by atoms with E-state index >= 15 is 0 Å². The molecule has 0 aliphatic carbocycles. The van der Waals surface area contributed by atoms with Crippen LogP contribution in [0.1, 0.15) is 24.2 Å². The fourth-order valence-electron chi connectivity index (χ4n) is 1.72. The van der Waals surface area contributed by atoms with Crippen LogP contribution >= 0.6 is 0 Å². The summed E-state index contributed by atoms with van der Waals surface area (Å²) in [4.78, 5) is 34.1. The van der Waals surface area contributed by atoms with Crippen LogP contribution in [-0.4, -0.2) is 28.8 Å². The molecular formula is C14H12NO7-. The minimum absolute atomic E-state index is 0.216. The van der Waals surface area contributed by atoms with E-state index in [1.807, 2.05) is 0 Å². The number of carboxylic acid groups (broad SMARTS) is 1. The number of cyclic esters (lactones) is 2. The number of ether oxygens (including phenoxy) is 2. The van der Waals surface area contributed by atoms with Crippen LogP contribution in [0.2, 0.25) is 0 Å². The molecule has 1 heterocycles. The molecule has 8 heteroatoms. The lowest BCUT2D eigenvalue weighted by molar-refractivity contribution is -0.268. The highest BCUT2D eigenvalue weighted by Crippen LogP contribution is 2.23. The maximum atomic E-state index is 11.7. The van der Waals surface area contributed by atoms with Gasteiger partial charge in [0.15, 0.2) is 5.57 Å². The van der Waals surface area contributed by atoms with Gasteiger partial charge in [0.25, 0.3) is 5.79 Å². The van der Waals surface area contributed by atoms with Crippen LogP contribution in [-0.2, 0) is 19.1 Å². The van der Waals surface area contributed by atoms with Crippen LogP contribution in [0.4, 0.5) is 5.69 Å². The van der Waals surface area contributed by atoms with Crippen molar-refractivity contribution in [1.29, 1.82) is 0 Å². The number of carboxylic acids is 1. The van der Waals surface area contributed by atoms with Crippen molar-refractivity contribution in [2.24, 2.45) is 0 Å². The van der Waals surface area contributed by atoms with E-state index in [0.717, 1.165) is 18.3 Å². The summed E-state index contributed by atoms with van der Waals surface area (Å²) in [6, 6.07) is 3.47. The largest absolute Gasteiger partial charge is 0.872 e. The van der Waals surface area contributed by atoms with Crippen molar-refractivity contribution in [2.45, 2.75) is 19.6 Å². The molecule has 0 saturated carbocycles. The number of hydrogen-bond donors (Lipinski definition) is 2. The van der Waals surface area contributed by atoms with Gasteiger partial charge < -0.3 is 25.0 Å². The van der Waals surface area contributed by atoms with Crippen LogP contribution < -0.4 is 10.4 Å². The van der Waals surface area contributed by atoms with Crippen LogP contribution in [0.3, 0.4) is 0 Å². The summed E-state index contributed by atoms with van der Waals surface area (Å²) < 4.78 is 9.78. The van der Waals surface area contributed by atoms with Gasteiger partial charge in [-0.2, -0.15) is 0 Å². The first-order chi connectivity index (χ1) is 10.2. The fourth-order valence-corrected chi connectivity index (χ4v) is 1.72. The molecule has 1 aromatic rings. The standard InChI is InChI=1S/C14H13NO7/c1-14(2)21-12(19)9(13(20)22-14)6-15-7-3-4-8(11(17)18)10(16)5-7/h3-6,15-16H,1-2H3,(H,17,18)/p-1. The molecule has 0 bridgehead atoms. The first-order valence-electron chi connectivity index (χ1n) is 6.17. The molecule has 0 amide bonds. The molecule has 0 radical (unpaired) electrons. The minimum Gasteiger partial charge on any atom is -0.872 e. The zero-order valence-electron chi connectivity index (χ0n) is 11.7. The molecule has 1 aromatic carbocycles. The Morgan fingerprint density at radius 1 is 1.27 bits per heavy atom. The van der Waals surface area contributed by atoms with E-state index in [9.17, 15) is 19.5 Å². The quantitative estimate of drug-likeness (QED) is 0.472. The smallest absolute Gasteiger partial charge is 0.350 e. The average molecular weight is 306 g/mol. The van der Waals surface area contributed by atoms with Gasteiger partial charge in [0.2, 0.25) is 0 Å². The Morgan fingerprint density at radius 2 is 1.86 bits per heavy atom. The summed E-state index contributed by atoms with van der Waals surface area (Å²) in [5, 5.41) is 22.8. The maximum Gasteiger partial charge on any atom is 0.350 e. The van der Waals surface area contributed by atoms with Crippen LogP contribution in [0.15, 0.2) is 30.0 Å². The van der Waals surface area contributed by atoms with E-state index in [4.69, 9.17) is 14.6 Å². The van der Waals surface area contributed by atoms with Crippen molar-refractivity contribution in [3.63, 3.8) is 0 Å². The third kappa shape index (κ3) is 3.17. The number of benzene rings is 1. The summed E-state index contributed by atoms with van der Waals surface area (Å²) in [6.45, 7) is 2.84. The van der Waals surface area contributed by atoms with Gasteiger partial charge in [0.1, 0.15) is 0 Å². The number of rotatable bonds is 3. The molecule has 0 unspecified atom stereocenters. The van der Waals surface area contributed by atoms with Gasteiger partial charge in [0, 0.05) is 25.7 Å². The minimum atomic E-state index is -1.34. The Balaban J connectivity index is 2.18. The monoisotopic (exact) mass is 306 g/mol. The Kier molecular flexibility index (Phi) is 3.77. The number of carbonyl (C=O) groups excluding carboxylic acids is 2. The van der Waals surface area contributed by atoms with Gasteiger partial charge in [-0.15, -0.1) is 0 Å². The van der Waals surface area contributed by atoms with Crippen molar-refractivity contribution < 1.29 is 34.1 Å². The van der Waals surface area contributed by atoms with E-state index in [1.54, 1.807) is 0 Å². The number of anilines is 1. The molecule has 0 aromatic heterocycles. The van der Waals surface area contributed by atoms with Gasteiger partial charge in [-0.05, 0) is 18.2 Å². The van der Waals surface area contributed by atoms with Crippen molar-refractivity contribution >= 4 is 23.6 Å². The first-order valence-corrected chi connectivity index (χ1v) is 6.17. The van der Waals surface area contributed by atoms with Gasteiger partial charge in [-0.25, -0.2) is 14.4 Å². The third-order valence-corrected chi connectivity index (χ3v) is 2.71. The van der Waals surface area contributed by atoms with Gasteiger partial charge >= 0.3 is 17.9 Å². The molecule has 1 fully saturated rings. The molecule has 1 aliphatic heterocycles. The number of esters is 2. The molecule has 22 heavy (non-hydrogen) atoms. The van der Waals surface area contributed by atoms with Gasteiger partial charge in [0.05, 0.1) is 5.56 Å². The molecule has 1 saturated heterocycles. The summed E-state index contributed by atoms with van der Waals surface area (Å²) in [5.74, 6) is -5.10. The van der Waals surface area contributed by atoms with E-state index in [1.165, 1.54) is 19.9 Å². The molecule has 1 aliphatic rings. The van der Waals surface area contributed by atoms with Crippen LogP contribution in [0, 0.1) is 0 Å². The van der Waals surface area contributed by atoms with Crippen molar-refractivity contribution in [3.8, 4) is 5.75 Å². The Bertz CT molecular complexity index is 668. The molecule has 2 rings (SSSR count). The summed E-state index contributed by atoms with van der Waals surface area (Å²) >= 11 is 0. The number of nitrogens with one attached hydrogen (secondary N) is 1. The highest BCUT2D eigenvalue weighted by atomic mass is 16.7.